The molecule has 0 aliphatic carbocycles. The lowest BCUT2D eigenvalue weighted by Crippen LogP contribution is -2.17. The number of nitrogens with zero attached hydrogens (tertiary/aromatic N) is 2. The number of fused-ring (bicyclic) bond motifs is 1. The van der Waals surface area contributed by atoms with Crippen LogP contribution in [0.15, 0.2) is 71.9 Å². The van der Waals surface area contributed by atoms with Crippen LogP contribution in [-0.4, -0.2) is 45.0 Å². The SMILES string of the molecule is COc1ccc(C(=NOCCN(C)C)c2cccc3ccccc23)cc1. The maximum Gasteiger partial charge on any atom is 0.129 e. The first-order valence-electron chi connectivity index (χ1n) is 8.66. The number of ether oxygens (including phenoxy) is 1. The van der Waals surface area contributed by atoms with E-state index >= 15 is 0 Å². The van der Waals surface area contributed by atoms with Crippen LogP contribution < -0.4 is 4.74 Å². The molecule has 0 heterocycles. The van der Waals surface area contributed by atoms with Gasteiger partial charge in [-0.15, -0.1) is 0 Å². The number of oxime groups is 1. The molecule has 3 aromatic carbocycles. The molecule has 3 rings (SSSR count). The van der Waals surface area contributed by atoms with Crippen LogP contribution in [0, 0.1) is 0 Å². The van der Waals surface area contributed by atoms with Gasteiger partial charge in [-0.25, -0.2) is 0 Å². The van der Waals surface area contributed by atoms with Gasteiger partial charge in [-0.1, -0.05) is 47.6 Å². The van der Waals surface area contributed by atoms with Crippen molar-refractivity contribution in [1.29, 1.82) is 0 Å². The summed E-state index contributed by atoms with van der Waals surface area (Å²) in [5.74, 6) is 0.819. The summed E-state index contributed by atoms with van der Waals surface area (Å²) in [5.41, 5.74) is 2.87. The molecule has 0 saturated heterocycles. The minimum atomic E-state index is 0.539. The van der Waals surface area contributed by atoms with E-state index in [1.54, 1.807) is 7.11 Å². The lowest BCUT2D eigenvalue weighted by atomic mass is 9.96. The molecule has 0 bridgehead atoms. The Kier molecular flexibility index (Phi) is 5.87. The first-order valence-corrected chi connectivity index (χ1v) is 8.66. The standard InChI is InChI=1S/C22H24N2O2/c1-24(2)15-16-26-23-22(18-11-13-19(25-3)14-12-18)21-10-6-8-17-7-4-5-9-20(17)21/h4-14H,15-16H2,1-3H3. The maximum absolute atomic E-state index is 5.64. The predicted molar refractivity (Wildman–Crippen MR) is 107 cm³/mol. The second-order valence-electron chi connectivity index (χ2n) is 6.33. The van der Waals surface area contributed by atoms with Gasteiger partial charge in [0.05, 0.1) is 7.11 Å². The van der Waals surface area contributed by atoms with E-state index in [1.165, 1.54) is 5.39 Å². The van der Waals surface area contributed by atoms with Crippen LogP contribution in [0.1, 0.15) is 11.1 Å². The van der Waals surface area contributed by atoms with Gasteiger partial charge in [0.15, 0.2) is 0 Å². The normalized spacial score (nSPS) is 11.8. The van der Waals surface area contributed by atoms with Gasteiger partial charge >= 0.3 is 0 Å². The van der Waals surface area contributed by atoms with Crippen molar-refractivity contribution in [2.45, 2.75) is 0 Å². The molecule has 0 amide bonds. The molecule has 0 saturated carbocycles. The van der Waals surface area contributed by atoms with Crippen molar-refractivity contribution in [3.05, 3.63) is 77.9 Å². The summed E-state index contributed by atoms with van der Waals surface area (Å²) in [6.45, 7) is 1.35. The Balaban J connectivity index is 2.02. The Morgan fingerprint density at radius 1 is 0.923 bits per heavy atom. The highest BCUT2D eigenvalue weighted by Gasteiger charge is 2.12. The summed E-state index contributed by atoms with van der Waals surface area (Å²) in [6, 6.07) is 22.5. The summed E-state index contributed by atoms with van der Waals surface area (Å²) < 4.78 is 5.27. The van der Waals surface area contributed by atoms with Gasteiger partial charge in [0.2, 0.25) is 0 Å². The van der Waals surface area contributed by atoms with Gasteiger partial charge in [0, 0.05) is 17.7 Å². The van der Waals surface area contributed by atoms with E-state index in [0.29, 0.717) is 6.61 Å². The summed E-state index contributed by atoms with van der Waals surface area (Å²) in [6.07, 6.45) is 0. The lowest BCUT2D eigenvalue weighted by Gasteiger charge is -2.12. The molecule has 0 radical (unpaired) electrons. The zero-order valence-electron chi connectivity index (χ0n) is 15.5. The highest BCUT2D eigenvalue weighted by atomic mass is 16.6. The van der Waals surface area contributed by atoms with E-state index < -0.39 is 0 Å². The fourth-order valence-electron chi connectivity index (χ4n) is 2.77. The van der Waals surface area contributed by atoms with Crippen LogP contribution in [0.4, 0.5) is 0 Å². The van der Waals surface area contributed by atoms with Crippen LogP contribution in [0.5, 0.6) is 5.75 Å². The van der Waals surface area contributed by atoms with Crippen molar-refractivity contribution in [2.75, 3.05) is 34.4 Å². The number of rotatable bonds is 7. The molecule has 134 valence electrons. The average Bonchev–Trinajstić information content (AvgIpc) is 2.68. The van der Waals surface area contributed by atoms with Crippen molar-refractivity contribution in [1.82, 2.24) is 4.90 Å². The highest BCUT2D eigenvalue weighted by Crippen LogP contribution is 2.23. The van der Waals surface area contributed by atoms with E-state index in [9.17, 15) is 0 Å². The van der Waals surface area contributed by atoms with Gasteiger partial charge in [-0.2, -0.15) is 0 Å². The number of benzene rings is 3. The molecule has 0 aliphatic heterocycles. The van der Waals surface area contributed by atoms with Gasteiger partial charge in [0.25, 0.3) is 0 Å². The van der Waals surface area contributed by atoms with Crippen molar-refractivity contribution >= 4 is 16.5 Å². The molecule has 4 heteroatoms. The lowest BCUT2D eigenvalue weighted by molar-refractivity contribution is 0.126. The van der Waals surface area contributed by atoms with Crippen molar-refractivity contribution in [2.24, 2.45) is 5.16 Å². The van der Waals surface area contributed by atoms with E-state index in [0.717, 1.165) is 34.5 Å². The third kappa shape index (κ3) is 4.21. The van der Waals surface area contributed by atoms with E-state index in [4.69, 9.17) is 9.57 Å². The second-order valence-corrected chi connectivity index (χ2v) is 6.33. The number of hydrogen-bond donors (Lipinski definition) is 0. The Hall–Kier alpha value is -2.85. The van der Waals surface area contributed by atoms with E-state index in [-0.39, 0.29) is 0 Å². The van der Waals surface area contributed by atoms with Crippen LogP contribution >= 0.6 is 0 Å². The second kappa shape index (κ2) is 8.50. The topological polar surface area (TPSA) is 34.1 Å². The summed E-state index contributed by atoms with van der Waals surface area (Å²) >= 11 is 0. The van der Waals surface area contributed by atoms with E-state index in [2.05, 4.69) is 40.4 Å². The van der Waals surface area contributed by atoms with Crippen LogP contribution in [0.25, 0.3) is 10.8 Å². The molecule has 0 N–H and O–H groups in total. The molecule has 4 nitrogen and oxygen atoms in total. The van der Waals surface area contributed by atoms with Crippen molar-refractivity contribution in [3.8, 4) is 5.75 Å². The first-order chi connectivity index (χ1) is 12.7. The van der Waals surface area contributed by atoms with Crippen LogP contribution in [-0.2, 0) is 4.84 Å². The van der Waals surface area contributed by atoms with Gasteiger partial charge in [0.1, 0.15) is 18.1 Å². The fraction of sp³-hybridized carbons (Fsp3) is 0.227. The third-order valence-corrected chi connectivity index (χ3v) is 4.19. The monoisotopic (exact) mass is 348 g/mol. The molecule has 0 fully saturated rings. The van der Waals surface area contributed by atoms with Gasteiger partial charge in [-0.3, -0.25) is 0 Å². The quantitative estimate of drug-likeness (QED) is 0.365. The molecule has 0 unspecified atom stereocenters. The molecule has 26 heavy (non-hydrogen) atoms. The minimum absolute atomic E-state index is 0.539. The van der Waals surface area contributed by atoms with Gasteiger partial charge < -0.3 is 14.5 Å². The van der Waals surface area contributed by atoms with Crippen molar-refractivity contribution < 1.29 is 9.57 Å². The van der Waals surface area contributed by atoms with Crippen LogP contribution in [0.2, 0.25) is 0 Å². The molecular formula is C22H24N2O2. The predicted octanol–water partition coefficient (Wildman–Crippen LogP) is 4.18. The first kappa shape index (κ1) is 18.0. The van der Waals surface area contributed by atoms with Gasteiger partial charge in [-0.05, 0) is 49.1 Å². The zero-order valence-corrected chi connectivity index (χ0v) is 15.5. The Morgan fingerprint density at radius 3 is 2.38 bits per heavy atom. The Morgan fingerprint density at radius 2 is 1.65 bits per heavy atom. The average molecular weight is 348 g/mol. The number of hydrogen-bond acceptors (Lipinski definition) is 4. The maximum atomic E-state index is 5.64. The minimum Gasteiger partial charge on any atom is -0.497 e. The smallest absolute Gasteiger partial charge is 0.129 e. The van der Waals surface area contributed by atoms with E-state index in [1.807, 2.05) is 50.5 Å². The highest BCUT2D eigenvalue weighted by molar-refractivity contribution is 6.19. The van der Waals surface area contributed by atoms with Crippen molar-refractivity contribution in [3.63, 3.8) is 0 Å². The molecule has 0 spiro atoms. The fourth-order valence-corrected chi connectivity index (χ4v) is 2.77. The van der Waals surface area contributed by atoms with Crippen LogP contribution in [0.3, 0.4) is 0 Å². The Labute approximate surface area is 154 Å². The molecule has 0 atom stereocenters. The summed E-state index contributed by atoms with van der Waals surface area (Å²) in [4.78, 5) is 7.71. The largest absolute Gasteiger partial charge is 0.497 e. The summed E-state index contributed by atoms with van der Waals surface area (Å²) in [7, 11) is 5.70. The molecular weight excluding hydrogens is 324 g/mol. The zero-order chi connectivity index (χ0) is 18.4. The Bertz CT molecular complexity index is 881. The number of methoxy groups -OCH3 is 1. The third-order valence-electron chi connectivity index (χ3n) is 4.19. The number of likely N-dealkylation sites (N-methyl/N-ethyl adjacent to an activating group) is 1. The molecule has 0 aromatic heterocycles. The molecule has 3 aromatic rings. The summed E-state index contributed by atoms with van der Waals surface area (Å²) in [5, 5.41) is 6.82. The molecule has 0 aliphatic rings.